The molecule has 1 N–H and O–H groups in total. The Morgan fingerprint density at radius 3 is 2.95 bits per heavy atom. The minimum atomic E-state index is -0.338. The first-order valence-electron chi connectivity index (χ1n) is 6.52. The van der Waals surface area contributed by atoms with Crippen molar-refractivity contribution >= 4 is 16.9 Å². The second-order valence-electron chi connectivity index (χ2n) is 4.50. The number of benzene rings is 1. The van der Waals surface area contributed by atoms with Crippen LogP contribution in [0.3, 0.4) is 0 Å². The quantitative estimate of drug-likeness (QED) is 0.785. The zero-order valence-corrected chi connectivity index (χ0v) is 11.2. The van der Waals surface area contributed by atoms with E-state index in [-0.39, 0.29) is 17.4 Å². The smallest absolute Gasteiger partial charge is 0.347 e. The van der Waals surface area contributed by atoms with E-state index in [0.29, 0.717) is 18.7 Å². The van der Waals surface area contributed by atoms with Crippen molar-refractivity contribution in [2.75, 3.05) is 6.54 Å². The second-order valence-corrected chi connectivity index (χ2v) is 4.50. The highest BCUT2D eigenvalue weighted by molar-refractivity contribution is 5.95. The van der Waals surface area contributed by atoms with Gasteiger partial charge in [0.1, 0.15) is 5.58 Å². The first-order chi connectivity index (χ1) is 10.2. The number of carbonyl (C=O) groups excluding carboxylic acids is 1. The molecule has 0 spiro atoms. The zero-order valence-electron chi connectivity index (χ0n) is 11.2. The number of fused-ring (bicyclic) bond motifs is 1. The Labute approximate surface area is 120 Å². The summed E-state index contributed by atoms with van der Waals surface area (Å²) in [6.07, 6.45) is 3.06. The van der Waals surface area contributed by atoms with Crippen molar-refractivity contribution in [1.29, 1.82) is 0 Å². The molecule has 3 rings (SSSR count). The zero-order chi connectivity index (χ0) is 14.7. The SMILES string of the molecule is O=C(NCCn1cccnc1=O)c1cc2ccccc2o1. The minimum absolute atomic E-state index is 0.259. The highest BCUT2D eigenvalue weighted by Crippen LogP contribution is 2.18. The highest BCUT2D eigenvalue weighted by atomic mass is 16.3. The van der Waals surface area contributed by atoms with Gasteiger partial charge in [0.2, 0.25) is 0 Å². The number of hydrogen-bond acceptors (Lipinski definition) is 4. The fourth-order valence-corrected chi connectivity index (χ4v) is 2.03. The number of amides is 1. The molecule has 0 aliphatic heterocycles. The second kappa shape index (κ2) is 5.62. The van der Waals surface area contributed by atoms with Crippen molar-refractivity contribution in [3.8, 4) is 0 Å². The van der Waals surface area contributed by atoms with Gasteiger partial charge in [-0.25, -0.2) is 9.78 Å². The summed E-state index contributed by atoms with van der Waals surface area (Å²) in [6.45, 7) is 0.681. The Morgan fingerprint density at radius 1 is 1.29 bits per heavy atom. The van der Waals surface area contributed by atoms with Crippen molar-refractivity contribution in [3.63, 3.8) is 0 Å². The molecule has 2 heterocycles. The van der Waals surface area contributed by atoms with Crippen molar-refractivity contribution in [3.05, 3.63) is 65.0 Å². The summed E-state index contributed by atoms with van der Waals surface area (Å²) in [5, 5.41) is 3.60. The van der Waals surface area contributed by atoms with Gasteiger partial charge in [-0.3, -0.25) is 9.36 Å². The molecule has 0 bridgehead atoms. The van der Waals surface area contributed by atoms with Gasteiger partial charge in [0, 0.05) is 30.9 Å². The first kappa shape index (κ1) is 13.1. The molecule has 1 amide bonds. The van der Waals surface area contributed by atoms with E-state index >= 15 is 0 Å². The lowest BCUT2D eigenvalue weighted by Crippen LogP contribution is -2.31. The largest absolute Gasteiger partial charge is 0.451 e. The summed E-state index contributed by atoms with van der Waals surface area (Å²) in [7, 11) is 0. The van der Waals surface area contributed by atoms with Crippen LogP contribution >= 0.6 is 0 Å². The van der Waals surface area contributed by atoms with Crippen molar-refractivity contribution in [1.82, 2.24) is 14.9 Å². The third-order valence-electron chi connectivity index (χ3n) is 3.07. The molecule has 0 atom stereocenters. The van der Waals surface area contributed by atoms with Crippen LogP contribution in [-0.2, 0) is 6.54 Å². The predicted molar refractivity (Wildman–Crippen MR) is 77.0 cm³/mol. The topological polar surface area (TPSA) is 77.1 Å². The molecule has 0 fully saturated rings. The third-order valence-corrected chi connectivity index (χ3v) is 3.07. The summed E-state index contributed by atoms with van der Waals surface area (Å²) in [5.41, 5.74) is 0.335. The number of nitrogens with one attached hydrogen (secondary N) is 1. The summed E-state index contributed by atoms with van der Waals surface area (Å²) in [6, 6.07) is 10.8. The molecule has 0 unspecified atom stereocenters. The summed E-state index contributed by atoms with van der Waals surface area (Å²) < 4.78 is 6.89. The maximum Gasteiger partial charge on any atom is 0.347 e. The molecule has 0 saturated carbocycles. The van der Waals surface area contributed by atoms with Crippen LogP contribution < -0.4 is 11.0 Å². The van der Waals surface area contributed by atoms with E-state index in [1.54, 1.807) is 24.4 Å². The molecule has 0 aliphatic rings. The van der Waals surface area contributed by atoms with Crippen LogP contribution in [0.25, 0.3) is 11.0 Å². The van der Waals surface area contributed by atoms with E-state index in [0.717, 1.165) is 5.39 Å². The molecule has 2 aromatic heterocycles. The van der Waals surface area contributed by atoms with Crippen molar-refractivity contribution in [2.24, 2.45) is 0 Å². The first-order valence-corrected chi connectivity index (χ1v) is 6.52. The summed E-state index contributed by atoms with van der Waals surface area (Å²) >= 11 is 0. The molecule has 0 radical (unpaired) electrons. The Morgan fingerprint density at radius 2 is 2.14 bits per heavy atom. The van der Waals surface area contributed by atoms with Crippen LogP contribution in [0.1, 0.15) is 10.6 Å². The molecule has 106 valence electrons. The Bertz CT molecular complexity index is 802. The van der Waals surface area contributed by atoms with Crippen LogP contribution in [-0.4, -0.2) is 22.0 Å². The molecular formula is C15H13N3O3. The van der Waals surface area contributed by atoms with Gasteiger partial charge < -0.3 is 9.73 Å². The van der Waals surface area contributed by atoms with Gasteiger partial charge in [0.05, 0.1) is 0 Å². The average Bonchev–Trinajstić information content (AvgIpc) is 2.93. The van der Waals surface area contributed by atoms with Crippen LogP contribution in [0.4, 0.5) is 0 Å². The molecule has 1 aromatic carbocycles. The fraction of sp³-hybridized carbons (Fsp3) is 0.133. The van der Waals surface area contributed by atoms with E-state index in [4.69, 9.17) is 4.42 Å². The monoisotopic (exact) mass is 283 g/mol. The number of furan rings is 1. The van der Waals surface area contributed by atoms with Crippen LogP contribution in [0.15, 0.2) is 58.0 Å². The molecule has 6 nitrogen and oxygen atoms in total. The Kier molecular flexibility index (Phi) is 3.51. The standard InChI is InChI=1S/C15H13N3O3/c19-14(13-10-11-4-1-2-5-12(11)21-13)16-7-9-18-8-3-6-17-15(18)20/h1-6,8,10H,7,9H2,(H,16,19). The van der Waals surface area contributed by atoms with Crippen LogP contribution in [0, 0.1) is 0 Å². The molecule has 6 heteroatoms. The maximum atomic E-state index is 12.0. The molecule has 21 heavy (non-hydrogen) atoms. The maximum absolute atomic E-state index is 12.0. The van der Waals surface area contributed by atoms with E-state index in [2.05, 4.69) is 10.3 Å². The van der Waals surface area contributed by atoms with Crippen molar-refractivity contribution < 1.29 is 9.21 Å². The van der Waals surface area contributed by atoms with E-state index in [1.807, 2.05) is 18.2 Å². The van der Waals surface area contributed by atoms with Gasteiger partial charge in [0.25, 0.3) is 5.91 Å². The number of rotatable bonds is 4. The average molecular weight is 283 g/mol. The van der Waals surface area contributed by atoms with E-state index in [1.165, 1.54) is 10.8 Å². The molecular weight excluding hydrogens is 270 g/mol. The van der Waals surface area contributed by atoms with Gasteiger partial charge in [-0.05, 0) is 18.2 Å². The molecule has 0 saturated heterocycles. The number of carbonyl (C=O) groups is 1. The lowest BCUT2D eigenvalue weighted by atomic mass is 10.2. The summed E-state index contributed by atoms with van der Waals surface area (Å²) in [5.74, 6) is -0.0436. The fourth-order valence-electron chi connectivity index (χ4n) is 2.03. The molecule has 3 aromatic rings. The summed E-state index contributed by atoms with van der Waals surface area (Å²) in [4.78, 5) is 27.0. The number of aromatic nitrogens is 2. The minimum Gasteiger partial charge on any atom is -0.451 e. The highest BCUT2D eigenvalue weighted by Gasteiger charge is 2.11. The predicted octanol–water partition coefficient (Wildman–Crippen LogP) is 1.42. The third kappa shape index (κ3) is 2.84. The number of para-hydroxylation sites is 1. The lowest BCUT2D eigenvalue weighted by molar-refractivity contribution is 0.0926. The Balaban J connectivity index is 1.64. The Hall–Kier alpha value is -2.89. The lowest BCUT2D eigenvalue weighted by Gasteiger charge is -2.05. The number of nitrogens with zero attached hydrogens (tertiary/aromatic N) is 2. The number of hydrogen-bond donors (Lipinski definition) is 1. The van der Waals surface area contributed by atoms with E-state index < -0.39 is 0 Å². The van der Waals surface area contributed by atoms with Crippen LogP contribution in [0.5, 0.6) is 0 Å². The van der Waals surface area contributed by atoms with Gasteiger partial charge >= 0.3 is 5.69 Å². The van der Waals surface area contributed by atoms with Crippen molar-refractivity contribution in [2.45, 2.75) is 6.54 Å². The van der Waals surface area contributed by atoms with Gasteiger partial charge in [-0.1, -0.05) is 18.2 Å². The van der Waals surface area contributed by atoms with E-state index in [9.17, 15) is 9.59 Å². The van der Waals surface area contributed by atoms with Gasteiger partial charge in [-0.2, -0.15) is 0 Å². The normalized spacial score (nSPS) is 10.7. The van der Waals surface area contributed by atoms with Gasteiger partial charge in [-0.15, -0.1) is 0 Å². The van der Waals surface area contributed by atoms with Crippen LogP contribution in [0.2, 0.25) is 0 Å². The molecule has 0 aliphatic carbocycles. The van der Waals surface area contributed by atoms with Gasteiger partial charge in [0.15, 0.2) is 5.76 Å².